The summed E-state index contributed by atoms with van der Waals surface area (Å²) in [6.07, 6.45) is 0.669. The molecule has 3 aliphatic heterocycles. The van der Waals surface area contributed by atoms with Crippen molar-refractivity contribution in [3.63, 3.8) is 0 Å². The Balaban J connectivity index is 0.00000580. The van der Waals surface area contributed by atoms with Crippen LogP contribution in [0.4, 0.5) is 0 Å². The van der Waals surface area contributed by atoms with Gasteiger partial charge in [0, 0.05) is 103 Å². The topological polar surface area (TPSA) is 179 Å². The zero-order valence-corrected chi connectivity index (χ0v) is 34.2. The summed E-state index contributed by atoms with van der Waals surface area (Å²) in [5.41, 5.74) is 7.35. The summed E-state index contributed by atoms with van der Waals surface area (Å²) < 4.78 is 5.18. The molecule has 8 bridgehead atoms. The van der Waals surface area contributed by atoms with Gasteiger partial charge in [0.15, 0.2) is 5.78 Å². The Kier molecular flexibility index (Phi) is 13.5. The summed E-state index contributed by atoms with van der Waals surface area (Å²) >= 11 is 0. The molecule has 55 heavy (non-hydrogen) atoms. The number of hydrogen-bond donors (Lipinski definition) is 3. The van der Waals surface area contributed by atoms with E-state index in [2.05, 4.69) is 29.4 Å². The monoisotopic (exact) mass is 843 g/mol. The average molecular weight is 844 g/mol. The molecule has 3 aromatic rings. The van der Waals surface area contributed by atoms with E-state index in [1.54, 1.807) is 0 Å². The van der Waals surface area contributed by atoms with Crippen LogP contribution in [0.5, 0.6) is 0 Å². The fraction of sp³-hybridized carbons (Fsp3) is 0.512. The minimum absolute atomic E-state index is 0. The molecule has 4 atom stereocenters. The van der Waals surface area contributed by atoms with Crippen LogP contribution in [0.15, 0.2) is 18.2 Å². The predicted octanol–water partition coefficient (Wildman–Crippen LogP) is 4.79. The molecule has 296 valence electrons. The van der Waals surface area contributed by atoms with Crippen molar-refractivity contribution in [3.05, 3.63) is 68.8 Å². The van der Waals surface area contributed by atoms with Crippen molar-refractivity contribution in [2.45, 2.75) is 90.9 Å². The Hall–Kier alpha value is -4.22. The quantitative estimate of drug-likeness (QED) is 0.137. The number of rotatable bonds is 11. The third kappa shape index (κ3) is 8.63. The van der Waals surface area contributed by atoms with Gasteiger partial charge in [-0.25, -0.2) is 0 Å². The van der Waals surface area contributed by atoms with E-state index in [1.807, 2.05) is 39.0 Å². The van der Waals surface area contributed by atoms with Gasteiger partial charge < -0.3 is 30.4 Å². The van der Waals surface area contributed by atoms with Gasteiger partial charge in [0.25, 0.3) is 0 Å². The van der Waals surface area contributed by atoms with E-state index in [0.29, 0.717) is 74.4 Å². The molecule has 13 nitrogen and oxygen atoms in total. The maximum atomic E-state index is 14.3. The first-order valence-electron chi connectivity index (χ1n) is 19.0. The minimum Gasteiger partial charge on any atom is -0.657 e. The number of ether oxygens (including phenoxy) is 1. The van der Waals surface area contributed by atoms with Gasteiger partial charge in [-0.1, -0.05) is 50.1 Å². The van der Waals surface area contributed by atoms with Gasteiger partial charge in [0.2, 0.25) is 5.91 Å². The normalized spacial score (nSPS) is 19.8. The van der Waals surface area contributed by atoms with Crippen LogP contribution in [0.3, 0.4) is 0 Å². The molecule has 1 saturated heterocycles. The van der Waals surface area contributed by atoms with Crippen LogP contribution in [0.2, 0.25) is 0 Å². The number of methoxy groups -OCH3 is 1. The molecule has 0 radical (unpaired) electrons. The minimum atomic E-state index is -0.955. The van der Waals surface area contributed by atoms with Gasteiger partial charge in [-0.3, -0.25) is 34.0 Å². The summed E-state index contributed by atoms with van der Waals surface area (Å²) in [5, 5.41) is 16.2. The smallest absolute Gasteiger partial charge is 0.657 e. The first-order valence-corrected chi connectivity index (χ1v) is 19.0. The van der Waals surface area contributed by atoms with Gasteiger partial charge in [0.1, 0.15) is 0 Å². The summed E-state index contributed by atoms with van der Waals surface area (Å²) in [6, 6.07) is 5.69. The zero-order valence-electron chi connectivity index (χ0n) is 32.7. The van der Waals surface area contributed by atoms with E-state index < -0.39 is 17.9 Å². The van der Waals surface area contributed by atoms with Gasteiger partial charge in [-0.2, -0.15) is 0 Å². The van der Waals surface area contributed by atoms with Gasteiger partial charge in [-0.05, 0) is 39.2 Å². The molecule has 0 unspecified atom stereocenters. The Morgan fingerprint density at radius 3 is 2.20 bits per heavy atom. The van der Waals surface area contributed by atoms with E-state index >= 15 is 0 Å². The molecule has 0 saturated carbocycles. The van der Waals surface area contributed by atoms with Crippen molar-refractivity contribution in [3.8, 4) is 0 Å². The number of carboxylic acid groups (broad SMARTS) is 1. The molecule has 14 heteroatoms. The number of aromatic nitrogens is 4. The summed E-state index contributed by atoms with van der Waals surface area (Å²) in [5.74, 6) is -2.57. The fourth-order valence-corrected chi connectivity index (χ4v) is 8.31. The summed E-state index contributed by atoms with van der Waals surface area (Å²) in [6.45, 7) is 16.2. The Labute approximate surface area is 335 Å². The fourth-order valence-electron chi connectivity index (χ4n) is 8.31. The number of ketones is 1. The van der Waals surface area contributed by atoms with Crippen LogP contribution < -0.4 is 20.6 Å². The van der Waals surface area contributed by atoms with Crippen LogP contribution in [0.25, 0.3) is 22.1 Å². The number of carboxylic acids is 1. The standard InChI is InChI=1S/C41H53N7O6.Pd/c1-8-26-21(2)29-20-34-37(25(6)49)23(4)31(45-34)18-30-22(3)27(9-10-35(50)51)39(46-30)28(17-36(52)54-7)40-38(24(5)32(47-40)19-33(26)44-29)41(53)43-13-16-48-14-11-42-12-15-48;/h18-22,26-27,42H,8-17H2,1-7H3,(H4,43,44,45,46,47,49,50,51,53);/q;+2/p-2/t21-,22+,26-,27+;/m1./s1. The van der Waals surface area contributed by atoms with Crippen LogP contribution in [-0.4, -0.2) is 90.0 Å². The number of nitrogens with one attached hydrogen (secondary N) is 2. The molecular formula is C41H51N7O6Pd. The number of carbonyl (C=O) groups is 4. The number of fused-ring (bicyclic) bond motifs is 8. The predicted molar refractivity (Wildman–Crippen MR) is 205 cm³/mol. The largest absolute Gasteiger partial charge is 2.00 e. The first kappa shape index (κ1) is 41.9. The summed E-state index contributed by atoms with van der Waals surface area (Å²) in [7, 11) is 1.31. The van der Waals surface area contributed by atoms with Crippen LogP contribution in [0, 0.1) is 13.8 Å². The van der Waals surface area contributed by atoms with Gasteiger partial charge >= 0.3 is 32.4 Å². The first-order chi connectivity index (χ1) is 25.8. The van der Waals surface area contributed by atoms with Crippen molar-refractivity contribution in [1.82, 2.24) is 35.5 Å². The number of aryl methyl sites for hydroxylation is 2. The van der Waals surface area contributed by atoms with Crippen molar-refractivity contribution >= 4 is 45.7 Å². The third-order valence-electron chi connectivity index (χ3n) is 11.5. The molecule has 3 aromatic heterocycles. The van der Waals surface area contributed by atoms with E-state index in [1.165, 1.54) is 14.0 Å². The number of piperazine rings is 1. The molecule has 0 aliphatic carbocycles. The average Bonchev–Trinajstić information content (AvgIpc) is 3.82. The second kappa shape index (κ2) is 17.7. The summed E-state index contributed by atoms with van der Waals surface area (Å²) in [4.78, 5) is 75.1. The Morgan fingerprint density at radius 1 is 0.927 bits per heavy atom. The molecule has 3 aliphatic rings. The van der Waals surface area contributed by atoms with E-state index in [0.717, 1.165) is 44.0 Å². The van der Waals surface area contributed by atoms with E-state index in [4.69, 9.17) is 24.7 Å². The van der Waals surface area contributed by atoms with Crippen molar-refractivity contribution in [1.29, 1.82) is 0 Å². The van der Waals surface area contributed by atoms with Gasteiger partial charge in [-0.15, -0.1) is 22.1 Å². The molecule has 1 fully saturated rings. The maximum absolute atomic E-state index is 14.3. The Bertz CT molecular complexity index is 2140. The molecule has 0 aromatic carbocycles. The zero-order chi connectivity index (χ0) is 38.8. The Morgan fingerprint density at radius 2 is 1.55 bits per heavy atom. The molecule has 3 N–H and O–H groups in total. The van der Waals surface area contributed by atoms with Crippen molar-refractivity contribution in [2.75, 3.05) is 46.4 Å². The SMILES string of the molecule is CC[C@H]1c2cc3[n-]c(c(CC(=O)OC)c4nc(cc5[n-]c(cc(n2)[C@@H]1C)c(C(C)=O)c5C)[C@@H](C)[C@@H]4CCC(=O)O)c(C(=O)NCCN1CCNCC1)c3C.[Pd+2]. The number of hydrogen-bond acceptors (Lipinski definition) is 9. The van der Waals surface area contributed by atoms with Crippen LogP contribution in [0.1, 0.15) is 131 Å². The number of carbonyl (C=O) groups excluding carboxylic acids is 3. The van der Waals surface area contributed by atoms with E-state index in [-0.39, 0.29) is 69.1 Å². The number of nitrogens with zero attached hydrogens (tertiary/aromatic N) is 5. The third-order valence-corrected chi connectivity index (χ3v) is 11.5. The number of amides is 1. The molecular weight excluding hydrogens is 793 g/mol. The molecule has 1 amide bonds. The molecule has 6 rings (SSSR count). The maximum Gasteiger partial charge on any atom is 2.00 e. The van der Waals surface area contributed by atoms with Crippen LogP contribution in [-0.2, 0) is 41.2 Å². The second-order valence-electron chi connectivity index (χ2n) is 14.8. The number of esters is 1. The van der Waals surface area contributed by atoms with Gasteiger partial charge in [0.05, 0.1) is 13.5 Å². The number of Topliss-reactive ketones (excluding diaryl/α,β-unsaturated/α-hetero) is 1. The number of aliphatic carboxylic acids is 1. The van der Waals surface area contributed by atoms with Crippen molar-refractivity contribution in [2.24, 2.45) is 0 Å². The van der Waals surface area contributed by atoms with Crippen LogP contribution >= 0.6 is 0 Å². The van der Waals surface area contributed by atoms with E-state index in [9.17, 15) is 24.3 Å². The second-order valence-corrected chi connectivity index (χ2v) is 14.8. The molecule has 6 heterocycles. The van der Waals surface area contributed by atoms with Crippen molar-refractivity contribution < 1.29 is 49.4 Å². The molecule has 0 spiro atoms.